The van der Waals surface area contributed by atoms with Crippen LogP contribution in [-0.2, 0) is 20.6 Å². The van der Waals surface area contributed by atoms with Crippen LogP contribution in [0.25, 0.3) is 0 Å². The molecule has 17 heteroatoms. The fourth-order valence-corrected chi connectivity index (χ4v) is 11.2. The zero-order chi connectivity index (χ0) is 27.8. The van der Waals surface area contributed by atoms with Gasteiger partial charge in [0.15, 0.2) is 0 Å². The molecule has 0 saturated heterocycles. The second-order valence-corrected chi connectivity index (χ2v) is 18.1. The lowest BCUT2D eigenvalue weighted by Crippen LogP contribution is -2.22. The minimum atomic E-state index is -0.930. The number of nitrogens with zero attached hydrogens (tertiary/aromatic N) is 2. The van der Waals surface area contributed by atoms with Crippen LogP contribution in [0.5, 0.6) is 0 Å². The van der Waals surface area contributed by atoms with Crippen molar-refractivity contribution in [3.63, 3.8) is 0 Å². The summed E-state index contributed by atoms with van der Waals surface area (Å²) < 4.78 is 11.6. The van der Waals surface area contributed by atoms with Crippen molar-refractivity contribution >= 4 is 122 Å². The smallest absolute Gasteiger partial charge is 0.279 e. The summed E-state index contributed by atoms with van der Waals surface area (Å²) in [4.78, 5) is 29.8. The van der Waals surface area contributed by atoms with Crippen molar-refractivity contribution in [2.24, 2.45) is 9.98 Å². The van der Waals surface area contributed by atoms with Gasteiger partial charge in [-0.25, -0.2) is 0 Å². The van der Waals surface area contributed by atoms with Gasteiger partial charge in [0, 0.05) is 79.5 Å². The van der Waals surface area contributed by atoms with Crippen LogP contribution >= 0.6 is 94.1 Å². The molecule has 0 radical (unpaired) electrons. The van der Waals surface area contributed by atoms with E-state index < -0.39 is 10.8 Å². The minimum absolute atomic E-state index is 0.0627. The van der Waals surface area contributed by atoms with E-state index in [1.54, 1.807) is 17.3 Å². The molecule has 0 rings (SSSR count). The van der Waals surface area contributed by atoms with Gasteiger partial charge in [0.2, 0.25) is 6.40 Å². The number of hydrogen-bond donors (Lipinski definition) is 2. The van der Waals surface area contributed by atoms with E-state index in [0.717, 1.165) is 54.9 Å². The number of amides is 1. The maximum absolute atomic E-state index is 11.9. The largest absolute Gasteiger partial charge is 0.396 e. The number of thioether (sulfide) groups is 8. The summed E-state index contributed by atoms with van der Waals surface area (Å²) >= 11 is 14.1. The molecule has 0 saturated carbocycles. The van der Waals surface area contributed by atoms with Gasteiger partial charge >= 0.3 is 0 Å². The van der Waals surface area contributed by atoms with E-state index in [9.17, 15) is 9.00 Å². The van der Waals surface area contributed by atoms with Gasteiger partial charge in [-0.15, -0.1) is 47.0 Å². The van der Waals surface area contributed by atoms with Crippen molar-refractivity contribution in [3.8, 4) is 0 Å². The number of rotatable bonds is 29. The lowest BCUT2D eigenvalue weighted by molar-refractivity contribution is -0.210. The Labute approximate surface area is 265 Å². The molecule has 0 bridgehead atoms. The molecule has 0 aliphatic carbocycles. The summed E-state index contributed by atoms with van der Waals surface area (Å²) in [7, 11) is -0.930. The predicted molar refractivity (Wildman–Crippen MR) is 187 cm³/mol. The molecule has 1 atom stereocenters. The first-order valence-corrected chi connectivity index (χ1v) is 22.3. The van der Waals surface area contributed by atoms with Crippen LogP contribution in [-0.4, -0.2) is 126 Å². The topological polar surface area (TPSA) is 110 Å². The van der Waals surface area contributed by atoms with Gasteiger partial charge in [-0.05, 0) is 6.92 Å². The summed E-state index contributed by atoms with van der Waals surface area (Å²) in [5, 5.41) is 15.7. The average molecular weight is 704 g/mol. The Morgan fingerprint density at radius 1 is 0.868 bits per heavy atom. The fourth-order valence-electron chi connectivity index (χ4n) is 1.90. The highest BCUT2D eigenvalue weighted by molar-refractivity contribution is 8.23. The number of nitrogens with one attached hydrogen (secondary N) is 1. The average Bonchev–Trinajstić information content (AvgIpc) is 2.92. The van der Waals surface area contributed by atoms with Gasteiger partial charge in [0.1, 0.15) is 6.61 Å². The highest BCUT2D eigenvalue weighted by Gasteiger charge is 2.02. The van der Waals surface area contributed by atoms with Crippen molar-refractivity contribution in [1.82, 2.24) is 5.32 Å². The summed E-state index contributed by atoms with van der Waals surface area (Å²) in [5.41, 5.74) is 1.55. The van der Waals surface area contributed by atoms with Gasteiger partial charge in [0.05, 0.1) is 29.5 Å². The lowest BCUT2D eigenvalue weighted by atomic mass is 10.8. The number of aliphatic hydroxyl groups excluding tert-OH is 1. The lowest BCUT2D eigenvalue weighted by Gasteiger charge is -2.05. The number of carbonyl (C=O) groups is 1. The number of aliphatic imine (C=N–C) groups is 2. The Bertz CT molecular complexity index is 611. The molecule has 2 N–H and O–H groups in total. The zero-order valence-corrected chi connectivity index (χ0v) is 29.2. The molecule has 0 aliphatic rings. The Kier molecular flexibility index (Phi) is 36.0. The van der Waals surface area contributed by atoms with Crippen molar-refractivity contribution in [1.29, 1.82) is 0 Å². The molecular formula is C21H41N3O5S9. The minimum Gasteiger partial charge on any atom is -0.396 e. The SMILES string of the molecule is CCN=CS(=O)CCSCSCSCCSC(=O)NCCSCSCSCCN=COOCCSCCO. The molecule has 1 unspecified atom stereocenters. The maximum Gasteiger partial charge on any atom is 0.279 e. The first kappa shape index (κ1) is 39.5. The summed E-state index contributed by atoms with van der Waals surface area (Å²) in [6.45, 7) is 4.68. The van der Waals surface area contributed by atoms with Crippen LogP contribution in [0.1, 0.15) is 6.92 Å². The van der Waals surface area contributed by atoms with Crippen LogP contribution in [0.3, 0.4) is 0 Å². The standard InChI is InChI=1S/C21H41N3O5S9/c1-2-22-16-38(27)14-13-34-20-36-19-33-11-12-37-21(26)24-4-8-32-18-35-17-31-7-3-23-15-29-28-6-10-30-9-5-25/h15-16,25H,2-14,17-20H2,1H3,(H,24,26). The van der Waals surface area contributed by atoms with Gasteiger partial charge < -0.3 is 15.3 Å². The molecule has 0 aromatic carbocycles. The summed E-state index contributed by atoms with van der Waals surface area (Å²) in [6, 6.07) is 0. The van der Waals surface area contributed by atoms with E-state index in [2.05, 4.69) is 15.3 Å². The molecule has 0 aromatic rings. The van der Waals surface area contributed by atoms with E-state index in [1.165, 1.54) is 18.2 Å². The second-order valence-electron chi connectivity index (χ2n) is 6.53. The Morgan fingerprint density at radius 3 is 2.32 bits per heavy atom. The first-order valence-electron chi connectivity index (χ1n) is 11.9. The van der Waals surface area contributed by atoms with E-state index >= 15 is 0 Å². The number of carbonyl (C=O) groups excluding carboxylic acids is 1. The van der Waals surface area contributed by atoms with Gasteiger partial charge in [-0.1, -0.05) is 11.8 Å². The normalized spacial score (nSPS) is 12.5. The van der Waals surface area contributed by atoms with Gasteiger partial charge in [0.25, 0.3) is 5.24 Å². The molecule has 224 valence electrons. The van der Waals surface area contributed by atoms with Gasteiger partial charge in [-0.3, -0.25) is 19.0 Å². The molecule has 0 fully saturated rings. The third-order valence-corrected chi connectivity index (χ3v) is 14.1. The van der Waals surface area contributed by atoms with E-state index in [-0.39, 0.29) is 11.8 Å². The highest BCUT2D eigenvalue weighted by Crippen LogP contribution is 2.19. The van der Waals surface area contributed by atoms with Crippen molar-refractivity contribution in [3.05, 3.63) is 0 Å². The van der Waals surface area contributed by atoms with Crippen LogP contribution in [0.15, 0.2) is 9.98 Å². The summed E-state index contributed by atoms with van der Waals surface area (Å²) in [5.74, 6) is 6.71. The Balaban J connectivity index is 3.24. The molecule has 0 heterocycles. The number of aliphatic hydroxyl groups is 1. The third-order valence-electron chi connectivity index (χ3n) is 3.54. The molecule has 0 aliphatic heterocycles. The molecular weight excluding hydrogens is 663 g/mol. The first-order chi connectivity index (χ1) is 18.7. The molecule has 0 aromatic heterocycles. The Hall–Kier alpha value is 1.48. The Morgan fingerprint density at radius 2 is 1.58 bits per heavy atom. The van der Waals surface area contributed by atoms with Crippen molar-refractivity contribution in [2.75, 3.05) is 99.2 Å². The maximum atomic E-state index is 11.9. The van der Waals surface area contributed by atoms with Crippen LogP contribution < -0.4 is 5.32 Å². The van der Waals surface area contributed by atoms with Crippen molar-refractivity contribution < 1.29 is 23.9 Å². The third kappa shape index (κ3) is 33.7. The molecule has 1 amide bonds. The molecule has 38 heavy (non-hydrogen) atoms. The van der Waals surface area contributed by atoms with E-state index in [1.807, 2.05) is 77.5 Å². The second kappa shape index (κ2) is 34.7. The van der Waals surface area contributed by atoms with Crippen molar-refractivity contribution in [2.45, 2.75) is 6.92 Å². The molecule has 0 spiro atoms. The van der Waals surface area contributed by atoms with Gasteiger partial charge in [-0.2, -0.15) is 40.2 Å². The van der Waals surface area contributed by atoms with Crippen LogP contribution in [0.2, 0.25) is 0 Å². The monoisotopic (exact) mass is 703 g/mol. The fraction of sp³-hybridized carbons (Fsp3) is 0.857. The van der Waals surface area contributed by atoms with E-state index in [4.69, 9.17) is 14.9 Å². The van der Waals surface area contributed by atoms with E-state index in [0.29, 0.717) is 37.7 Å². The zero-order valence-electron chi connectivity index (χ0n) is 21.8. The highest BCUT2D eigenvalue weighted by atomic mass is 32.2. The van der Waals surface area contributed by atoms with Crippen LogP contribution in [0.4, 0.5) is 4.79 Å². The molecule has 8 nitrogen and oxygen atoms in total. The number of hydrogen-bond acceptors (Lipinski definition) is 15. The predicted octanol–water partition coefficient (Wildman–Crippen LogP) is 5.16. The van der Waals surface area contributed by atoms with Crippen LogP contribution in [0, 0.1) is 0 Å². The quantitative estimate of drug-likeness (QED) is 0.0268. The summed E-state index contributed by atoms with van der Waals surface area (Å²) in [6.07, 6.45) is 1.34.